The van der Waals surface area contributed by atoms with Gasteiger partial charge in [0.1, 0.15) is 18.7 Å². The van der Waals surface area contributed by atoms with Crippen LogP contribution in [0.2, 0.25) is 5.02 Å². The van der Waals surface area contributed by atoms with Crippen molar-refractivity contribution in [3.05, 3.63) is 71.3 Å². The van der Waals surface area contributed by atoms with Crippen LogP contribution in [0.4, 0.5) is 5.69 Å². The second-order valence-electron chi connectivity index (χ2n) is 6.88. The van der Waals surface area contributed by atoms with Crippen LogP contribution in [0, 0.1) is 0 Å². The molecule has 0 spiro atoms. The minimum atomic E-state index is -0.509. The van der Waals surface area contributed by atoms with Crippen molar-refractivity contribution < 1.29 is 14.5 Å². The maximum absolute atomic E-state index is 12.4. The van der Waals surface area contributed by atoms with Gasteiger partial charge in [-0.3, -0.25) is 14.5 Å². The van der Waals surface area contributed by atoms with Crippen LogP contribution in [0.5, 0.6) is 0 Å². The number of amides is 1. The number of quaternary nitrogens is 1. The molecule has 0 bridgehead atoms. The highest BCUT2D eigenvalue weighted by molar-refractivity contribution is 6.52. The number of fused-ring (bicyclic) bond motifs is 1. The first-order valence-electron chi connectivity index (χ1n) is 8.88. The summed E-state index contributed by atoms with van der Waals surface area (Å²) in [6.45, 7) is 2.47. The Balaban J connectivity index is 1.51. The van der Waals surface area contributed by atoms with Crippen molar-refractivity contribution in [1.29, 1.82) is 0 Å². The Kier molecular flexibility index (Phi) is 4.70. The third-order valence-electron chi connectivity index (χ3n) is 5.16. The topological polar surface area (TPSA) is 72.5 Å². The first-order valence-corrected chi connectivity index (χ1v) is 9.26. The molecule has 0 aliphatic carbocycles. The number of carbonyl (C=O) groups excluding carboxylic acids is 2. The Morgan fingerprint density at radius 3 is 2.57 bits per heavy atom. The van der Waals surface area contributed by atoms with E-state index in [2.05, 4.69) is 17.0 Å². The molecule has 1 amide bonds. The van der Waals surface area contributed by atoms with Crippen LogP contribution in [0.25, 0.3) is 5.69 Å². The van der Waals surface area contributed by atoms with Crippen molar-refractivity contribution in [1.82, 2.24) is 14.8 Å². The Hall–Kier alpha value is -3.03. The summed E-state index contributed by atoms with van der Waals surface area (Å²) in [6, 6.07) is 13.1. The Bertz CT molecular complexity index is 1030. The van der Waals surface area contributed by atoms with Gasteiger partial charge in [-0.05, 0) is 37.3 Å². The van der Waals surface area contributed by atoms with E-state index in [9.17, 15) is 9.59 Å². The van der Waals surface area contributed by atoms with Crippen LogP contribution in [0.15, 0.2) is 55.1 Å². The molecule has 0 saturated carbocycles. The summed E-state index contributed by atoms with van der Waals surface area (Å²) in [5.41, 5.74) is 3.04. The molecule has 1 aliphatic rings. The van der Waals surface area contributed by atoms with Gasteiger partial charge in [-0.15, -0.1) is 0 Å². The van der Waals surface area contributed by atoms with Gasteiger partial charge in [-0.2, -0.15) is 5.10 Å². The van der Waals surface area contributed by atoms with E-state index >= 15 is 0 Å². The monoisotopic (exact) mass is 396 g/mol. The summed E-state index contributed by atoms with van der Waals surface area (Å²) in [6.07, 6.45) is 3.14. The van der Waals surface area contributed by atoms with E-state index in [0.717, 1.165) is 16.2 Å². The van der Waals surface area contributed by atoms with Crippen LogP contribution in [-0.4, -0.2) is 40.2 Å². The fourth-order valence-corrected chi connectivity index (χ4v) is 3.53. The number of nitrogens with one attached hydrogen (secondary N) is 1. The van der Waals surface area contributed by atoms with Crippen molar-refractivity contribution in [3.63, 3.8) is 0 Å². The average Bonchev–Trinajstić information content (AvgIpc) is 3.32. The number of hydrogen-bond acceptors (Lipinski definition) is 4. The van der Waals surface area contributed by atoms with E-state index in [1.54, 1.807) is 29.2 Å². The second-order valence-corrected chi connectivity index (χ2v) is 7.32. The molecular formula is C20H19ClN5O2+. The maximum atomic E-state index is 12.4. The number of hydrogen-bond donors (Lipinski definition) is 1. The summed E-state index contributed by atoms with van der Waals surface area (Å²) in [5, 5.41) is 4.57. The van der Waals surface area contributed by atoms with Gasteiger partial charge in [0, 0.05) is 10.6 Å². The molecule has 2 heterocycles. The number of anilines is 1. The van der Waals surface area contributed by atoms with Gasteiger partial charge in [0.05, 0.1) is 24.0 Å². The van der Waals surface area contributed by atoms with Crippen LogP contribution >= 0.6 is 11.6 Å². The molecule has 0 saturated heterocycles. The van der Waals surface area contributed by atoms with Crippen LogP contribution in [0.1, 0.15) is 28.9 Å². The van der Waals surface area contributed by atoms with Gasteiger partial charge in [-0.25, -0.2) is 9.67 Å². The van der Waals surface area contributed by atoms with Crippen molar-refractivity contribution >= 4 is 29.0 Å². The summed E-state index contributed by atoms with van der Waals surface area (Å²) in [5.74, 6) is -1.01. The largest absolute Gasteiger partial charge is 0.314 e. The van der Waals surface area contributed by atoms with Gasteiger partial charge in [0.15, 0.2) is 6.67 Å². The predicted octanol–water partition coefficient (Wildman–Crippen LogP) is 1.68. The van der Waals surface area contributed by atoms with Crippen LogP contribution in [0.3, 0.4) is 0 Å². The van der Waals surface area contributed by atoms with Crippen LogP contribution < -0.4 is 9.80 Å². The third-order valence-corrected chi connectivity index (χ3v) is 5.39. The lowest BCUT2D eigenvalue weighted by molar-refractivity contribution is -0.909. The SMILES string of the molecule is C[C@H](c1ccc(-n2cncn2)cc1)[NH+](C)CN1C(=O)C(=O)c2cc(Cl)ccc21. The van der Waals surface area contributed by atoms with E-state index in [1.807, 2.05) is 31.3 Å². The molecule has 0 radical (unpaired) electrons. The highest BCUT2D eigenvalue weighted by atomic mass is 35.5. The number of carbonyl (C=O) groups is 2. The number of nitrogens with zero attached hydrogens (tertiary/aromatic N) is 4. The zero-order valence-corrected chi connectivity index (χ0v) is 16.2. The Labute approximate surface area is 167 Å². The average molecular weight is 397 g/mol. The van der Waals surface area contributed by atoms with Crippen molar-refractivity contribution in [2.45, 2.75) is 13.0 Å². The van der Waals surface area contributed by atoms with E-state index in [1.165, 1.54) is 11.2 Å². The predicted molar refractivity (Wildman–Crippen MR) is 105 cm³/mol. The Morgan fingerprint density at radius 1 is 1.14 bits per heavy atom. The summed E-state index contributed by atoms with van der Waals surface area (Å²) in [4.78, 5) is 31.3. The summed E-state index contributed by atoms with van der Waals surface area (Å²) < 4.78 is 1.70. The fourth-order valence-electron chi connectivity index (χ4n) is 3.36. The summed E-state index contributed by atoms with van der Waals surface area (Å²) >= 11 is 5.97. The molecule has 3 aromatic rings. The van der Waals surface area contributed by atoms with E-state index < -0.39 is 11.7 Å². The standard InChI is InChI=1S/C20H18ClN5O2/c1-13(14-3-6-16(7-4-14)26-11-22-10-23-26)24(2)12-25-18-8-5-15(21)9-17(18)19(27)20(25)28/h3-11,13H,12H2,1-2H3/p+1/t13-/m1/s1. The third kappa shape index (κ3) is 3.19. The van der Waals surface area contributed by atoms with Crippen LogP contribution in [-0.2, 0) is 4.79 Å². The molecule has 8 heteroatoms. The molecule has 2 aromatic carbocycles. The smallest absolute Gasteiger partial charge is 0.303 e. The maximum Gasteiger partial charge on any atom is 0.303 e. The number of Topliss-reactive ketones (excluding diaryl/α,β-unsaturated/α-hetero) is 1. The fraction of sp³-hybridized carbons (Fsp3) is 0.200. The lowest BCUT2D eigenvalue weighted by Gasteiger charge is -2.27. The van der Waals surface area contributed by atoms with Gasteiger partial charge in [0.2, 0.25) is 0 Å². The molecule has 0 fully saturated rings. The van der Waals surface area contributed by atoms with Crippen molar-refractivity contribution in [2.75, 3.05) is 18.6 Å². The number of halogens is 1. The highest BCUT2D eigenvalue weighted by Crippen LogP contribution is 2.30. The molecule has 1 aromatic heterocycles. The molecule has 4 rings (SSSR count). The van der Waals surface area contributed by atoms with Crippen molar-refractivity contribution in [3.8, 4) is 5.69 Å². The highest BCUT2D eigenvalue weighted by Gasteiger charge is 2.38. The summed E-state index contributed by atoms with van der Waals surface area (Å²) in [7, 11) is 2.00. The molecule has 1 unspecified atom stereocenters. The zero-order valence-electron chi connectivity index (χ0n) is 15.5. The van der Waals surface area contributed by atoms with E-state index in [4.69, 9.17) is 11.6 Å². The minimum absolute atomic E-state index is 0.115. The van der Waals surface area contributed by atoms with Gasteiger partial charge < -0.3 is 4.90 Å². The molecule has 1 aliphatic heterocycles. The first-order chi connectivity index (χ1) is 13.5. The first kappa shape index (κ1) is 18.3. The minimum Gasteiger partial charge on any atom is -0.314 e. The molecule has 1 N–H and O–H groups in total. The number of rotatable bonds is 5. The van der Waals surface area contributed by atoms with Gasteiger partial charge >= 0.3 is 5.91 Å². The van der Waals surface area contributed by atoms with Crippen molar-refractivity contribution in [2.24, 2.45) is 0 Å². The lowest BCUT2D eigenvalue weighted by atomic mass is 10.1. The lowest BCUT2D eigenvalue weighted by Crippen LogP contribution is -3.10. The van der Waals surface area contributed by atoms with E-state index in [-0.39, 0.29) is 6.04 Å². The molecule has 7 nitrogen and oxygen atoms in total. The molecule has 2 atom stereocenters. The number of ketones is 1. The van der Waals surface area contributed by atoms with Gasteiger partial charge in [0.25, 0.3) is 5.78 Å². The molecular weight excluding hydrogens is 378 g/mol. The zero-order chi connectivity index (χ0) is 19.8. The van der Waals surface area contributed by atoms with E-state index in [0.29, 0.717) is 22.9 Å². The Morgan fingerprint density at radius 2 is 1.89 bits per heavy atom. The second kappa shape index (κ2) is 7.18. The normalized spacial score (nSPS) is 15.6. The molecule has 28 heavy (non-hydrogen) atoms. The quantitative estimate of drug-likeness (QED) is 0.666. The van der Waals surface area contributed by atoms with Gasteiger partial charge in [-0.1, -0.05) is 23.7 Å². The molecule has 142 valence electrons. The number of aromatic nitrogens is 3. The number of benzene rings is 2.